The van der Waals surface area contributed by atoms with Gasteiger partial charge in [0.25, 0.3) is 0 Å². The molecular formula is C13H28IN3O2. The van der Waals surface area contributed by atoms with Gasteiger partial charge in [0, 0.05) is 54.6 Å². The first-order valence-electron chi connectivity index (χ1n) is 6.68. The molecule has 0 aliphatic carbocycles. The molecule has 0 N–H and O–H groups in total. The summed E-state index contributed by atoms with van der Waals surface area (Å²) in [5, 5.41) is 0. The average Bonchev–Trinajstić information content (AvgIpc) is 2.37. The monoisotopic (exact) mass is 385 g/mol. The van der Waals surface area contributed by atoms with Crippen LogP contribution in [0, 0.1) is 0 Å². The van der Waals surface area contributed by atoms with E-state index in [-0.39, 0.29) is 24.0 Å². The minimum Gasteiger partial charge on any atom is -0.385 e. The second kappa shape index (κ2) is 10.7. The minimum absolute atomic E-state index is 0. The number of piperidine rings is 1. The molecule has 0 aromatic rings. The predicted octanol–water partition coefficient (Wildman–Crippen LogP) is 1.67. The fraction of sp³-hybridized carbons (Fsp3) is 0.923. The third-order valence-electron chi connectivity index (χ3n) is 3.17. The molecule has 0 saturated carbocycles. The summed E-state index contributed by atoms with van der Waals surface area (Å²) < 4.78 is 10.9. The number of aliphatic imine (C=N–C) groups is 1. The maximum absolute atomic E-state index is 5.85. The van der Waals surface area contributed by atoms with Gasteiger partial charge in [-0.15, -0.1) is 24.0 Å². The Kier molecular flexibility index (Phi) is 10.6. The standard InChI is InChI=1S/C13H27N3O2.HI/c1-14-13(15(2)3)16-8-6-12(7-9-16)18-11-5-10-17-4;/h12H,5-11H2,1-4H3;1H. The van der Waals surface area contributed by atoms with Crippen LogP contribution in [0.15, 0.2) is 4.99 Å². The highest BCUT2D eigenvalue weighted by molar-refractivity contribution is 14.0. The summed E-state index contributed by atoms with van der Waals surface area (Å²) in [5.74, 6) is 1.06. The van der Waals surface area contributed by atoms with Crippen molar-refractivity contribution < 1.29 is 9.47 Å². The van der Waals surface area contributed by atoms with Crippen molar-refractivity contribution in [3.8, 4) is 0 Å². The molecule has 1 saturated heterocycles. The van der Waals surface area contributed by atoms with Crippen LogP contribution < -0.4 is 0 Å². The first-order valence-corrected chi connectivity index (χ1v) is 6.68. The molecule has 0 aromatic carbocycles. The van der Waals surface area contributed by atoms with Gasteiger partial charge in [-0.05, 0) is 19.3 Å². The van der Waals surface area contributed by atoms with Crippen LogP contribution in [0.2, 0.25) is 0 Å². The van der Waals surface area contributed by atoms with Gasteiger partial charge in [0.1, 0.15) is 0 Å². The lowest BCUT2D eigenvalue weighted by molar-refractivity contribution is 0.00914. The number of nitrogens with zero attached hydrogens (tertiary/aromatic N) is 3. The Balaban J connectivity index is 0.00000324. The van der Waals surface area contributed by atoms with Crippen molar-refractivity contribution in [3.05, 3.63) is 0 Å². The van der Waals surface area contributed by atoms with Crippen LogP contribution >= 0.6 is 24.0 Å². The molecule has 1 heterocycles. The molecule has 0 bridgehead atoms. The Bertz CT molecular complexity index is 254. The normalized spacial score (nSPS) is 17.3. The highest BCUT2D eigenvalue weighted by atomic mass is 127. The molecule has 6 heteroatoms. The van der Waals surface area contributed by atoms with Gasteiger partial charge in [-0.1, -0.05) is 0 Å². The van der Waals surface area contributed by atoms with Gasteiger partial charge < -0.3 is 19.3 Å². The number of hydrogen-bond donors (Lipinski definition) is 0. The van der Waals surface area contributed by atoms with Crippen LogP contribution in [0.4, 0.5) is 0 Å². The maximum atomic E-state index is 5.85. The quantitative estimate of drug-likeness (QED) is 0.312. The summed E-state index contributed by atoms with van der Waals surface area (Å²) in [6.45, 7) is 3.65. The van der Waals surface area contributed by atoms with E-state index in [0.29, 0.717) is 6.10 Å². The summed E-state index contributed by atoms with van der Waals surface area (Å²) in [5.41, 5.74) is 0. The van der Waals surface area contributed by atoms with Crippen LogP contribution in [0.25, 0.3) is 0 Å². The molecule has 1 aliphatic rings. The SMILES string of the molecule is CN=C(N(C)C)N1CCC(OCCCOC)CC1.I. The molecule has 1 rings (SSSR count). The van der Waals surface area contributed by atoms with Crippen LogP contribution in [0.5, 0.6) is 0 Å². The van der Waals surface area contributed by atoms with E-state index in [0.717, 1.165) is 51.5 Å². The number of guanidine groups is 1. The summed E-state index contributed by atoms with van der Waals surface area (Å²) in [6.07, 6.45) is 3.55. The average molecular weight is 385 g/mol. The fourth-order valence-electron chi connectivity index (χ4n) is 2.30. The van der Waals surface area contributed by atoms with E-state index in [2.05, 4.69) is 14.8 Å². The van der Waals surface area contributed by atoms with Gasteiger partial charge in [-0.3, -0.25) is 4.99 Å². The van der Waals surface area contributed by atoms with Crippen molar-refractivity contribution in [1.82, 2.24) is 9.80 Å². The molecule has 114 valence electrons. The van der Waals surface area contributed by atoms with E-state index < -0.39 is 0 Å². The molecule has 0 aromatic heterocycles. The summed E-state index contributed by atoms with van der Waals surface area (Å²) >= 11 is 0. The smallest absolute Gasteiger partial charge is 0.195 e. The third-order valence-corrected chi connectivity index (χ3v) is 3.17. The van der Waals surface area contributed by atoms with Crippen LogP contribution in [-0.2, 0) is 9.47 Å². The molecular weight excluding hydrogens is 357 g/mol. The Labute approximate surface area is 134 Å². The third kappa shape index (κ3) is 6.76. The molecule has 5 nitrogen and oxygen atoms in total. The molecule has 19 heavy (non-hydrogen) atoms. The fourth-order valence-corrected chi connectivity index (χ4v) is 2.30. The summed E-state index contributed by atoms with van der Waals surface area (Å²) in [6, 6.07) is 0. The number of methoxy groups -OCH3 is 1. The number of rotatable bonds is 5. The van der Waals surface area contributed by atoms with Crippen molar-refractivity contribution in [2.24, 2.45) is 4.99 Å². The van der Waals surface area contributed by atoms with E-state index >= 15 is 0 Å². The van der Waals surface area contributed by atoms with E-state index in [1.165, 1.54) is 0 Å². The van der Waals surface area contributed by atoms with Crippen LogP contribution in [0.3, 0.4) is 0 Å². The van der Waals surface area contributed by atoms with Crippen LogP contribution in [0.1, 0.15) is 19.3 Å². The lowest BCUT2D eigenvalue weighted by Gasteiger charge is -2.36. The molecule has 1 aliphatic heterocycles. The van der Waals surface area contributed by atoms with Crippen molar-refractivity contribution in [3.63, 3.8) is 0 Å². The van der Waals surface area contributed by atoms with Crippen molar-refractivity contribution >= 4 is 29.9 Å². The lowest BCUT2D eigenvalue weighted by atomic mass is 10.1. The first-order chi connectivity index (χ1) is 8.69. The number of halogens is 1. The summed E-state index contributed by atoms with van der Waals surface area (Å²) in [4.78, 5) is 8.73. The van der Waals surface area contributed by atoms with Crippen LogP contribution in [-0.4, -0.2) is 76.4 Å². The van der Waals surface area contributed by atoms with Crippen molar-refractivity contribution in [1.29, 1.82) is 0 Å². The minimum atomic E-state index is 0. The van der Waals surface area contributed by atoms with Gasteiger partial charge >= 0.3 is 0 Å². The van der Waals surface area contributed by atoms with Gasteiger partial charge in [0.2, 0.25) is 0 Å². The molecule has 1 fully saturated rings. The second-order valence-electron chi connectivity index (χ2n) is 4.82. The maximum Gasteiger partial charge on any atom is 0.195 e. The zero-order valence-corrected chi connectivity index (χ0v) is 14.9. The summed E-state index contributed by atoms with van der Waals surface area (Å²) in [7, 11) is 7.65. The van der Waals surface area contributed by atoms with Gasteiger partial charge in [0.15, 0.2) is 5.96 Å². The molecule has 0 amide bonds. The van der Waals surface area contributed by atoms with Gasteiger partial charge in [-0.25, -0.2) is 0 Å². The van der Waals surface area contributed by atoms with Gasteiger partial charge in [0.05, 0.1) is 6.10 Å². The second-order valence-corrected chi connectivity index (χ2v) is 4.82. The number of ether oxygens (including phenoxy) is 2. The topological polar surface area (TPSA) is 37.3 Å². The zero-order chi connectivity index (χ0) is 13.4. The highest BCUT2D eigenvalue weighted by Gasteiger charge is 2.22. The highest BCUT2D eigenvalue weighted by Crippen LogP contribution is 2.15. The van der Waals surface area contributed by atoms with E-state index in [4.69, 9.17) is 9.47 Å². The van der Waals surface area contributed by atoms with Crippen molar-refractivity contribution in [2.75, 3.05) is 54.6 Å². The first kappa shape index (κ1) is 18.9. The molecule has 0 radical (unpaired) electrons. The molecule has 0 spiro atoms. The Morgan fingerprint density at radius 1 is 1.26 bits per heavy atom. The zero-order valence-electron chi connectivity index (χ0n) is 12.6. The largest absolute Gasteiger partial charge is 0.385 e. The Morgan fingerprint density at radius 2 is 1.89 bits per heavy atom. The number of likely N-dealkylation sites (tertiary alicyclic amines) is 1. The van der Waals surface area contributed by atoms with E-state index in [1.54, 1.807) is 7.11 Å². The van der Waals surface area contributed by atoms with E-state index in [1.807, 2.05) is 21.1 Å². The molecule has 0 unspecified atom stereocenters. The van der Waals surface area contributed by atoms with E-state index in [9.17, 15) is 0 Å². The number of hydrogen-bond acceptors (Lipinski definition) is 3. The van der Waals surface area contributed by atoms with Crippen molar-refractivity contribution in [2.45, 2.75) is 25.4 Å². The lowest BCUT2D eigenvalue weighted by Crippen LogP contribution is -2.46. The molecule has 0 atom stereocenters. The predicted molar refractivity (Wildman–Crippen MR) is 89.5 cm³/mol. The Hall–Kier alpha value is -0.0800. The Morgan fingerprint density at radius 3 is 2.37 bits per heavy atom. The van der Waals surface area contributed by atoms with Gasteiger partial charge in [-0.2, -0.15) is 0 Å².